The van der Waals surface area contributed by atoms with Gasteiger partial charge in [-0.3, -0.25) is 4.79 Å². The fourth-order valence-corrected chi connectivity index (χ4v) is 3.25. The number of carbonyl (C=O) groups is 1. The Labute approximate surface area is 147 Å². The van der Waals surface area contributed by atoms with Crippen LogP contribution in [0.2, 0.25) is 0 Å². The van der Waals surface area contributed by atoms with Crippen LogP contribution in [0.4, 0.5) is 0 Å². The van der Waals surface area contributed by atoms with E-state index in [1.165, 1.54) is 0 Å². The van der Waals surface area contributed by atoms with Crippen LogP contribution in [-0.2, 0) is 9.53 Å². The molecule has 1 fully saturated rings. The van der Waals surface area contributed by atoms with E-state index in [4.69, 9.17) is 18.9 Å². The third-order valence-corrected chi connectivity index (χ3v) is 5.02. The molecule has 1 aromatic carbocycles. The van der Waals surface area contributed by atoms with Gasteiger partial charge in [0, 0.05) is 38.8 Å². The van der Waals surface area contributed by atoms with Crippen LogP contribution in [0, 0.1) is 5.92 Å². The highest BCUT2D eigenvalue weighted by molar-refractivity contribution is 5.78. The van der Waals surface area contributed by atoms with Gasteiger partial charge in [-0.25, -0.2) is 0 Å². The summed E-state index contributed by atoms with van der Waals surface area (Å²) in [6, 6.07) is 5.24. The van der Waals surface area contributed by atoms with Gasteiger partial charge in [-0.2, -0.15) is 0 Å². The Morgan fingerprint density at radius 3 is 2.96 bits per heavy atom. The molecular weight excluding hydrogens is 326 g/mol. The number of amides is 1. The zero-order chi connectivity index (χ0) is 17.9. The molecule has 7 heteroatoms. The largest absolute Gasteiger partial charge is 0.484 e. The number of rotatable bonds is 6. The van der Waals surface area contributed by atoms with Gasteiger partial charge in [-0.05, 0) is 25.0 Å². The van der Waals surface area contributed by atoms with E-state index >= 15 is 0 Å². The molecule has 1 amide bonds. The molecule has 1 saturated heterocycles. The van der Waals surface area contributed by atoms with Crippen molar-refractivity contribution in [3.05, 3.63) is 18.2 Å². The van der Waals surface area contributed by atoms with Crippen molar-refractivity contribution in [3.63, 3.8) is 0 Å². The van der Waals surface area contributed by atoms with E-state index in [2.05, 4.69) is 0 Å². The van der Waals surface area contributed by atoms with Crippen LogP contribution in [-0.4, -0.2) is 61.7 Å². The first-order valence-electron chi connectivity index (χ1n) is 8.53. The van der Waals surface area contributed by atoms with Crippen molar-refractivity contribution in [1.29, 1.82) is 0 Å². The zero-order valence-electron chi connectivity index (χ0n) is 14.7. The van der Waals surface area contributed by atoms with Crippen LogP contribution in [0.3, 0.4) is 0 Å². The zero-order valence-corrected chi connectivity index (χ0v) is 14.7. The fourth-order valence-electron chi connectivity index (χ4n) is 3.25. The molecule has 0 bridgehead atoms. The number of piperidine rings is 1. The number of benzene rings is 1. The Bertz CT molecular complexity index is 622. The molecule has 0 spiro atoms. The number of carbonyl (C=O) groups excluding carboxylic acids is 1. The van der Waals surface area contributed by atoms with Crippen molar-refractivity contribution in [3.8, 4) is 17.2 Å². The summed E-state index contributed by atoms with van der Waals surface area (Å²) in [5, 5.41) is 10.7. The molecule has 0 unspecified atom stereocenters. The van der Waals surface area contributed by atoms with Crippen molar-refractivity contribution >= 4 is 5.91 Å². The molecule has 0 aromatic heterocycles. The molecule has 1 aromatic rings. The van der Waals surface area contributed by atoms with Gasteiger partial charge in [-0.1, -0.05) is 6.92 Å². The van der Waals surface area contributed by atoms with Gasteiger partial charge in [0.1, 0.15) is 5.75 Å². The number of likely N-dealkylation sites (tertiary alicyclic amines) is 1. The van der Waals surface area contributed by atoms with E-state index in [0.29, 0.717) is 49.8 Å². The number of ether oxygens (including phenoxy) is 4. The maximum atomic E-state index is 12.4. The number of hydrogen-bond donors (Lipinski definition) is 1. The van der Waals surface area contributed by atoms with Crippen LogP contribution in [0.15, 0.2) is 18.2 Å². The number of nitrogens with zero attached hydrogens (tertiary/aromatic N) is 1. The lowest BCUT2D eigenvalue weighted by Gasteiger charge is -2.43. The smallest absolute Gasteiger partial charge is 0.260 e. The van der Waals surface area contributed by atoms with Gasteiger partial charge in [0.25, 0.3) is 5.91 Å². The summed E-state index contributed by atoms with van der Waals surface area (Å²) < 4.78 is 21.2. The molecule has 138 valence electrons. The lowest BCUT2D eigenvalue weighted by Crippen LogP contribution is -2.53. The van der Waals surface area contributed by atoms with Gasteiger partial charge in [-0.15, -0.1) is 0 Å². The summed E-state index contributed by atoms with van der Waals surface area (Å²) >= 11 is 0. The number of hydrogen-bond acceptors (Lipinski definition) is 6. The summed E-state index contributed by atoms with van der Waals surface area (Å²) in [5.74, 6) is 1.78. The molecule has 2 aliphatic heterocycles. The molecule has 2 atom stereocenters. The summed E-state index contributed by atoms with van der Waals surface area (Å²) in [4.78, 5) is 14.2. The molecule has 2 heterocycles. The molecule has 0 radical (unpaired) electrons. The minimum Gasteiger partial charge on any atom is -0.484 e. The lowest BCUT2D eigenvalue weighted by atomic mass is 9.80. The second kappa shape index (κ2) is 7.49. The van der Waals surface area contributed by atoms with E-state index in [1.807, 2.05) is 6.92 Å². The van der Waals surface area contributed by atoms with E-state index in [1.54, 1.807) is 30.2 Å². The van der Waals surface area contributed by atoms with Crippen molar-refractivity contribution in [2.45, 2.75) is 25.4 Å². The maximum Gasteiger partial charge on any atom is 0.260 e. The molecule has 0 saturated carbocycles. The second-order valence-corrected chi connectivity index (χ2v) is 6.64. The number of aliphatic hydroxyl groups is 1. The Morgan fingerprint density at radius 1 is 1.40 bits per heavy atom. The lowest BCUT2D eigenvalue weighted by molar-refractivity contribution is -0.142. The summed E-state index contributed by atoms with van der Waals surface area (Å²) in [5.41, 5.74) is -0.773. The molecule has 7 nitrogen and oxygen atoms in total. The normalized spacial score (nSPS) is 25.1. The third-order valence-electron chi connectivity index (χ3n) is 5.02. The van der Waals surface area contributed by atoms with Gasteiger partial charge in [0.2, 0.25) is 6.79 Å². The Morgan fingerprint density at radius 2 is 2.20 bits per heavy atom. The van der Waals surface area contributed by atoms with Crippen LogP contribution in [0.25, 0.3) is 0 Å². The first-order chi connectivity index (χ1) is 12.0. The Kier molecular flexibility index (Phi) is 5.34. The van der Waals surface area contributed by atoms with E-state index < -0.39 is 5.60 Å². The van der Waals surface area contributed by atoms with Gasteiger partial charge in [0.05, 0.1) is 5.60 Å². The molecule has 1 N–H and O–H groups in total. The van der Waals surface area contributed by atoms with Gasteiger partial charge >= 0.3 is 0 Å². The SMILES string of the molecule is COCC[C@@]1(O)CCN(C(=O)COc2ccc3c(c2)OCO3)C[C@@H]1C. The average molecular weight is 351 g/mol. The van der Waals surface area contributed by atoms with Crippen molar-refractivity contribution in [2.75, 3.05) is 40.2 Å². The first-order valence-corrected chi connectivity index (χ1v) is 8.53. The predicted octanol–water partition coefficient (Wildman–Crippen LogP) is 1.43. The summed E-state index contributed by atoms with van der Waals surface area (Å²) in [7, 11) is 1.63. The predicted molar refractivity (Wildman–Crippen MR) is 89.9 cm³/mol. The minimum atomic E-state index is -0.773. The van der Waals surface area contributed by atoms with Gasteiger partial charge < -0.3 is 29.0 Å². The van der Waals surface area contributed by atoms with E-state index in [9.17, 15) is 9.90 Å². The topological polar surface area (TPSA) is 77.5 Å². The molecule has 3 rings (SSSR count). The highest BCUT2D eigenvalue weighted by Gasteiger charge is 2.39. The quantitative estimate of drug-likeness (QED) is 0.835. The Balaban J connectivity index is 1.51. The van der Waals surface area contributed by atoms with Crippen molar-refractivity contribution in [1.82, 2.24) is 4.90 Å². The summed E-state index contributed by atoms with van der Waals surface area (Å²) in [6.07, 6.45) is 1.13. The van der Waals surface area contributed by atoms with E-state index in [0.717, 1.165) is 0 Å². The first kappa shape index (κ1) is 17.8. The highest BCUT2D eigenvalue weighted by atomic mass is 16.7. The maximum absolute atomic E-state index is 12.4. The fraction of sp³-hybridized carbons (Fsp3) is 0.611. The third kappa shape index (κ3) is 3.99. The highest BCUT2D eigenvalue weighted by Crippen LogP contribution is 2.35. The minimum absolute atomic E-state index is 0.00843. The molecule has 2 aliphatic rings. The summed E-state index contributed by atoms with van der Waals surface area (Å²) in [6.45, 7) is 3.69. The van der Waals surface area contributed by atoms with Crippen LogP contribution >= 0.6 is 0 Å². The monoisotopic (exact) mass is 351 g/mol. The van der Waals surface area contributed by atoms with E-state index in [-0.39, 0.29) is 25.2 Å². The van der Waals surface area contributed by atoms with Gasteiger partial charge in [0.15, 0.2) is 18.1 Å². The van der Waals surface area contributed by atoms with Crippen LogP contribution < -0.4 is 14.2 Å². The molecule has 0 aliphatic carbocycles. The molecule has 25 heavy (non-hydrogen) atoms. The standard InChI is InChI=1S/C18H25NO6/c1-13-10-19(7-5-18(13,21)6-8-22-2)17(20)11-23-14-3-4-15-16(9-14)25-12-24-15/h3-4,9,13,21H,5-8,10-12H2,1-2H3/t13-,18-/m0/s1. The van der Waals surface area contributed by atoms with Crippen LogP contribution in [0.1, 0.15) is 19.8 Å². The second-order valence-electron chi connectivity index (χ2n) is 6.64. The number of methoxy groups -OCH3 is 1. The van der Waals surface area contributed by atoms with Crippen molar-refractivity contribution in [2.24, 2.45) is 5.92 Å². The van der Waals surface area contributed by atoms with Crippen LogP contribution in [0.5, 0.6) is 17.2 Å². The molecular formula is C18H25NO6. The average Bonchev–Trinajstić information content (AvgIpc) is 3.08. The number of fused-ring (bicyclic) bond motifs is 1. The van der Waals surface area contributed by atoms with Crippen molar-refractivity contribution < 1.29 is 28.8 Å². The Hall–Kier alpha value is -1.99.